The average Bonchev–Trinajstić information content (AvgIpc) is 2.78. The van der Waals surface area contributed by atoms with Crippen molar-refractivity contribution in [3.63, 3.8) is 0 Å². The monoisotopic (exact) mass is 343 g/mol. The summed E-state index contributed by atoms with van der Waals surface area (Å²) in [6, 6.07) is 2.61. The molecule has 0 radical (unpaired) electrons. The van der Waals surface area contributed by atoms with Gasteiger partial charge in [-0.05, 0) is 36.6 Å². The Kier molecular flexibility index (Phi) is 3.74. The van der Waals surface area contributed by atoms with Gasteiger partial charge in [-0.25, -0.2) is 12.8 Å². The quantitative estimate of drug-likeness (QED) is 0.840. The zero-order valence-corrected chi connectivity index (χ0v) is 13.7. The number of hydrogen-bond acceptors (Lipinski definition) is 3. The van der Waals surface area contributed by atoms with Gasteiger partial charge >= 0.3 is 0 Å². The van der Waals surface area contributed by atoms with Crippen LogP contribution in [0.4, 0.5) is 4.39 Å². The Hall–Kier alpha value is -1.44. The Morgan fingerprint density at radius 2 is 2.09 bits per heavy atom. The molecule has 1 aromatic carbocycles. The summed E-state index contributed by atoms with van der Waals surface area (Å²) in [4.78, 5) is 0.181. The molecule has 1 aliphatic heterocycles. The molecule has 1 aromatic heterocycles. The van der Waals surface area contributed by atoms with Crippen molar-refractivity contribution in [1.82, 2.24) is 14.1 Å². The van der Waals surface area contributed by atoms with Crippen molar-refractivity contribution in [1.29, 1.82) is 0 Å². The van der Waals surface area contributed by atoms with E-state index >= 15 is 0 Å². The van der Waals surface area contributed by atoms with E-state index in [9.17, 15) is 12.8 Å². The molecule has 0 aliphatic carbocycles. The van der Waals surface area contributed by atoms with Crippen molar-refractivity contribution in [2.24, 2.45) is 7.05 Å². The Morgan fingerprint density at radius 3 is 2.73 bits per heavy atom. The van der Waals surface area contributed by atoms with Crippen LogP contribution >= 0.6 is 11.6 Å². The molecule has 5 nitrogen and oxygen atoms in total. The topological polar surface area (TPSA) is 55.2 Å². The van der Waals surface area contributed by atoms with Gasteiger partial charge in [-0.1, -0.05) is 11.6 Å². The lowest BCUT2D eigenvalue weighted by Crippen LogP contribution is -2.36. The van der Waals surface area contributed by atoms with E-state index < -0.39 is 15.8 Å². The van der Waals surface area contributed by atoms with Crippen LogP contribution in [0.1, 0.15) is 16.8 Å². The lowest BCUT2D eigenvalue weighted by Gasteiger charge is -2.28. The minimum atomic E-state index is -3.66. The van der Waals surface area contributed by atoms with Gasteiger partial charge in [0.05, 0.1) is 11.9 Å². The summed E-state index contributed by atoms with van der Waals surface area (Å²) in [6.07, 6.45) is 1.81. The van der Waals surface area contributed by atoms with E-state index in [1.54, 1.807) is 14.0 Å². The average molecular weight is 344 g/mol. The first-order valence-corrected chi connectivity index (χ1v) is 8.58. The van der Waals surface area contributed by atoms with E-state index in [-0.39, 0.29) is 11.4 Å². The van der Waals surface area contributed by atoms with Gasteiger partial charge < -0.3 is 0 Å². The molecule has 0 saturated heterocycles. The zero-order valence-electron chi connectivity index (χ0n) is 12.2. The summed E-state index contributed by atoms with van der Waals surface area (Å²) in [6.45, 7) is 2.13. The molecule has 22 heavy (non-hydrogen) atoms. The molecule has 0 saturated carbocycles. The minimum Gasteiger partial charge on any atom is -0.272 e. The van der Waals surface area contributed by atoms with Crippen molar-refractivity contribution < 1.29 is 12.8 Å². The Bertz CT molecular complexity index is 848. The van der Waals surface area contributed by atoms with Crippen molar-refractivity contribution in [2.45, 2.75) is 24.8 Å². The summed E-state index contributed by atoms with van der Waals surface area (Å²) < 4.78 is 41.9. The normalized spacial score (nSPS) is 15.8. The van der Waals surface area contributed by atoms with Crippen LogP contribution < -0.4 is 0 Å². The summed E-state index contributed by atoms with van der Waals surface area (Å²) >= 11 is 6.03. The Morgan fingerprint density at radius 1 is 1.36 bits per heavy atom. The van der Waals surface area contributed by atoms with E-state index in [4.69, 9.17) is 11.6 Å². The fourth-order valence-electron chi connectivity index (χ4n) is 2.66. The molecule has 0 fully saturated rings. The maximum atomic E-state index is 13.5. The molecule has 0 bridgehead atoms. The lowest BCUT2D eigenvalue weighted by atomic mass is 10.0. The van der Waals surface area contributed by atoms with Crippen LogP contribution in [0.2, 0.25) is 5.02 Å². The lowest BCUT2D eigenvalue weighted by molar-refractivity contribution is 0.389. The summed E-state index contributed by atoms with van der Waals surface area (Å²) in [5, 5.41) is 4.33. The molecule has 0 amide bonds. The molecule has 8 heteroatoms. The number of nitrogens with zero attached hydrogens (tertiary/aromatic N) is 3. The minimum absolute atomic E-state index is 0.115. The predicted octanol–water partition coefficient (Wildman–Crippen LogP) is 2.27. The smallest absolute Gasteiger partial charge is 0.246 e. The van der Waals surface area contributed by atoms with Crippen LogP contribution in [0.25, 0.3) is 0 Å². The fourth-order valence-corrected chi connectivity index (χ4v) is 4.58. The number of aromatic nitrogens is 2. The van der Waals surface area contributed by atoms with E-state index in [1.807, 2.05) is 0 Å². The van der Waals surface area contributed by atoms with Crippen LogP contribution in [-0.4, -0.2) is 29.0 Å². The molecule has 2 heterocycles. The van der Waals surface area contributed by atoms with E-state index in [0.717, 1.165) is 5.56 Å². The molecular formula is C14H15ClFN3O2S. The first kappa shape index (κ1) is 15.5. The number of aryl methyl sites for hydroxylation is 1. The maximum absolute atomic E-state index is 13.5. The molecular weight excluding hydrogens is 329 g/mol. The second kappa shape index (κ2) is 5.33. The third-order valence-electron chi connectivity index (χ3n) is 4.02. The molecule has 0 spiro atoms. The summed E-state index contributed by atoms with van der Waals surface area (Å²) in [5.41, 5.74) is 2.00. The van der Waals surface area contributed by atoms with Crippen LogP contribution in [0.5, 0.6) is 0 Å². The van der Waals surface area contributed by atoms with Crippen molar-refractivity contribution in [2.75, 3.05) is 6.54 Å². The fraction of sp³-hybridized carbons (Fsp3) is 0.357. The molecule has 0 unspecified atom stereocenters. The Balaban J connectivity index is 1.99. The number of rotatable bonds is 2. The number of sulfonamides is 1. The highest BCUT2D eigenvalue weighted by Crippen LogP contribution is 2.30. The van der Waals surface area contributed by atoms with Gasteiger partial charge in [0, 0.05) is 25.2 Å². The first-order valence-electron chi connectivity index (χ1n) is 6.76. The second-order valence-corrected chi connectivity index (χ2v) is 7.65. The van der Waals surface area contributed by atoms with Crippen LogP contribution in [-0.2, 0) is 30.0 Å². The van der Waals surface area contributed by atoms with E-state index in [1.165, 1.54) is 27.3 Å². The van der Waals surface area contributed by atoms with Crippen molar-refractivity contribution in [3.05, 3.63) is 46.0 Å². The third kappa shape index (κ3) is 2.43. The zero-order chi connectivity index (χ0) is 16.1. The molecule has 2 aromatic rings. The standard InChI is InChI=1S/C14H15ClFN3O2S/c1-9-14(7-17-18(9)2)22(20,21)19-4-3-12-10(8-19)5-11(16)6-13(12)15/h5-7H,3-4,8H2,1-2H3. The molecule has 0 atom stereocenters. The molecule has 118 valence electrons. The van der Waals surface area contributed by atoms with Crippen LogP contribution in [0.3, 0.4) is 0 Å². The largest absolute Gasteiger partial charge is 0.272 e. The SMILES string of the molecule is Cc1c(S(=O)(=O)N2CCc3c(Cl)cc(F)cc3C2)cnn1C. The van der Waals surface area contributed by atoms with Gasteiger partial charge in [0.2, 0.25) is 10.0 Å². The number of hydrogen-bond donors (Lipinski definition) is 0. The highest BCUT2D eigenvalue weighted by molar-refractivity contribution is 7.89. The highest BCUT2D eigenvalue weighted by Gasteiger charge is 2.31. The predicted molar refractivity (Wildman–Crippen MR) is 80.7 cm³/mol. The van der Waals surface area contributed by atoms with Gasteiger partial charge in [0.1, 0.15) is 10.7 Å². The van der Waals surface area contributed by atoms with E-state index in [0.29, 0.717) is 29.2 Å². The first-order chi connectivity index (χ1) is 10.3. The van der Waals surface area contributed by atoms with Crippen molar-refractivity contribution in [3.8, 4) is 0 Å². The number of benzene rings is 1. The van der Waals surface area contributed by atoms with Crippen LogP contribution in [0, 0.1) is 12.7 Å². The van der Waals surface area contributed by atoms with Gasteiger partial charge in [-0.2, -0.15) is 9.40 Å². The molecule has 3 rings (SSSR count). The highest BCUT2D eigenvalue weighted by atomic mass is 35.5. The second-order valence-electron chi connectivity index (χ2n) is 5.33. The number of halogens is 2. The van der Waals surface area contributed by atoms with Gasteiger partial charge in [-0.15, -0.1) is 0 Å². The van der Waals surface area contributed by atoms with Crippen molar-refractivity contribution >= 4 is 21.6 Å². The Labute approximate surface area is 133 Å². The summed E-state index contributed by atoms with van der Waals surface area (Å²) in [7, 11) is -1.97. The van der Waals surface area contributed by atoms with Gasteiger partial charge in [0.15, 0.2) is 0 Å². The van der Waals surface area contributed by atoms with Gasteiger partial charge in [-0.3, -0.25) is 4.68 Å². The third-order valence-corrected chi connectivity index (χ3v) is 6.30. The van der Waals surface area contributed by atoms with Crippen LogP contribution in [0.15, 0.2) is 23.2 Å². The molecule has 0 N–H and O–H groups in total. The number of fused-ring (bicyclic) bond motifs is 1. The van der Waals surface area contributed by atoms with E-state index in [2.05, 4.69) is 5.10 Å². The van der Waals surface area contributed by atoms with Gasteiger partial charge in [0.25, 0.3) is 0 Å². The molecule has 1 aliphatic rings. The maximum Gasteiger partial charge on any atom is 0.246 e. The summed E-state index contributed by atoms with van der Waals surface area (Å²) in [5.74, 6) is -0.458.